The molecule has 22 heteroatoms. The zero-order valence-corrected chi connectivity index (χ0v) is 19.0. The van der Waals surface area contributed by atoms with Crippen LogP contribution in [0, 0.1) is 5.41 Å². The second kappa shape index (κ2) is 8.03. The average Bonchev–Trinajstić information content (AvgIpc) is 2.28. The molecule has 0 aliphatic carbocycles. The normalized spacial score (nSPS) is 15.9. The summed E-state index contributed by atoms with van der Waals surface area (Å²) in [5.74, 6) is -3.81. The second-order valence-electron chi connectivity index (χ2n) is 6.54. The van der Waals surface area contributed by atoms with Crippen molar-refractivity contribution in [2.24, 2.45) is 5.41 Å². The van der Waals surface area contributed by atoms with E-state index in [2.05, 4.69) is 0 Å². The smallest absolute Gasteiger partial charge is 0.221 e. The van der Waals surface area contributed by atoms with Crippen LogP contribution in [0.5, 0.6) is 0 Å². The zero-order valence-electron chi connectivity index (χ0n) is 14.9. The summed E-state index contributed by atoms with van der Waals surface area (Å²) in [5, 5.41) is 0. The summed E-state index contributed by atoms with van der Waals surface area (Å²) in [6, 6.07) is 0. The number of nitrogens with one attached hydrogen (secondary N) is 2. The van der Waals surface area contributed by atoms with Gasteiger partial charge in [0.2, 0.25) is 29.9 Å². The molecule has 0 saturated heterocycles. The standard InChI is InChI=1S/C8H15F5N2O10S5/c1-6(2,5-28(20,21)15-29(22,23)7(9,10)11)4-27(18,19)8(12,13)30(24,25)14-26(3,16)17/h14-15H,4-5H2,1-3H3. The van der Waals surface area contributed by atoms with Gasteiger partial charge in [-0.05, 0) is 5.41 Å². The van der Waals surface area contributed by atoms with Crippen molar-refractivity contribution >= 4 is 49.9 Å². The van der Waals surface area contributed by atoms with Gasteiger partial charge in [-0.25, -0.2) is 42.1 Å². The molecule has 30 heavy (non-hydrogen) atoms. The first kappa shape index (κ1) is 29.3. The molecule has 182 valence electrons. The van der Waals surface area contributed by atoms with Gasteiger partial charge in [-0.3, -0.25) is 0 Å². The minimum atomic E-state index is -6.45. The molecule has 0 spiro atoms. The van der Waals surface area contributed by atoms with E-state index in [0.29, 0.717) is 18.0 Å². The maximum absolute atomic E-state index is 14.0. The van der Waals surface area contributed by atoms with Crippen LogP contribution in [0.15, 0.2) is 0 Å². The Hall–Kier alpha value is -0.680. The molecule has 0 heterocycles. The first-order chi connectivity index (χ1) is 12.6. The van der Waals surface area contributed by atoms with Crippen molar-refractivity contribution < 1.29 is 64.0 Å². The van der Waals surface area contributed by atoms with Crippen LogP contribution in [0.1, 0.15) is 13.8 Å². The topological polar surface area (TPSA) is 195 Å². The predicted molar refractivity (Wildman–Crippen MR) is 91.3 cm³/mol. The lowest BCUT2D eigenvalue weighted by Crippen LogP contribution is -2.50. The third-order valence-electron chi connectivity index (χ3n) is 2.64. The van der Waals surface area contributed by atoms with Gasteiger partial charge in [-0.2, -0.15) is 22.0 Å². The van der Waals surface area contributed by atoms with Crippen molar-refractivity contribution in [1.29, 1.82) is 0 Å². The fraction of sp³-hybridized carbons (Fsp3) is 1.00. The number of halogens is 5. The Morgan fingerprint density at radius 2 is 1.07 bits per heavy atom. The van der Waals surface area contributed by atoms with Gasteiger partial charge < -0.3 is 0 Å². The molecule has 12 nitrogen and oxygen atoms in total. The van der Waals surface area contributed by atoms with E-state index in [-0.39, 0.29) is 10.4 Å². The molecule has 0 amide bonds. The SMILES string of the molecule is CC(C)(CS(=O)(=O)NS(=O)(=O)C(F)(F)F)CS(=O)(=O)C(F)(F)S(=O)(=O)NS(C)(=O)=O. The van der Waals surface area contributed by atoms with Crippen LogP contribution in [0.2, 0.25) is 0 Å². The molecule has 0 radical (unpaired) electrons. The summed E-state index contributed by atoms with van der Waals surface area (Å²) in [6.45, 7) is 1.16. The second-order valence-corrected chi connectivity index (χ2v) is 16.2. The van der Waals surface area contributed by atoms with Crippen molar-refractivity contribution in [1.82, 2.24) is 8.25 Å². The fourth-order valence-corrected chi connectivity index (χ4v) is 10.1. The number of alkyl halides is 5. The quantitative estimate of drug-likeness (QED) is 0.304. The zero-order chi connectivity index (χ0) is 24.8. The van der Waals surface area contributed by atoms with Gasteiger partial charge in [-0.1, -0.05) is 13.8 Å². The molecular weight excluding hydrogens is 539 g/mol. The van der Waals surface area contributed by atoms with Crippen LogP contribution in [-0.2, 0) is 49.9 Å². The number of rotatable bonds is 10. The van der Waals surface area contributed by atoms with Crippen LogP contribution in [0.4, 0.5) is 22.0 Å². The van der Waals surface area contributed by atoms with Crippen molar-refractivity contribution in [2.45, 2.75) is 23.9 Å². The number of sulfonamides is 4. The lowest BCUT2D eigenvalue weighted by molar-refractivity contribution is -0.0441. The summed E-state index contributed by atoms with van der Waals surface area (Å²) in [6.07, 6.45) is 0.108. The molecule has 0 bridgehead atoms. The summed E-state index contributed by atoms with van der Waals surface area (Å²) >= 11 is 0. The molecule has 0 atom stereocenters. The Morgan fingerprint density at radius 1 is 0.667 bits per heavy atom. The average molecular weight is 555 g/mol. The molecule has 0 aromatic carbocycles. The highest BCUT2D eigenvalue weighted by atomic mass is 32.3. The van der Waals surface area contributed by atoms with Crippen molar-refractivity contribution in [2.75, 3.05) is 17.8 Å². The highest BCUT2D eigenvalue weighted by Crippen LogP contribution is 2.34. The van der Waals surface area contributed by atoms with Crippen LogP contribution in [0.3, 0.4) is 0 Å². The number of sulfone groups is 1. The van der Waals surface area contributed by atoms with E-state index in [1.54, 1.807) is 0 Å². The molecule has 0 aliphatic rings. The minimum absolute atomic E-state index is 0.108. The molecule has 0 aromatic heterocycles. The lowest BCUT2D eigenvalue weighted by Gasteiger charge is -2.26. The predicted octanol–water partition coefficient (Wildman–Crippen LogP) is -1.37. The summed E-state index contributed by atoms with van der Waals surface area (Å²) in [7, 11) is -29.4. The Balaban J connectivity index is 5.93. The van der Waals surface area contributed by atoms with E-state index < -0.39 is 76.9 Å². The number of hydrogen-bond donors (Lipinski definition) is 2. The summed E-state index contributed by atoms with van der Waals surface area (Å²) in [5.41, 5.74) is -8.55. The van der Waals surface area contributed by atoms with Crippen molar-refractivity contribution in [3.05, 3.63) is 0 Å². The van der Waals surface area contributed by atoms with Gasteiger partial charge in [0.15, 0.2) is 0 Å². The van der Waals surface area contributed by atoms with Gasteiger partial charge in [0.1, 0.15) is 0 Å². The molecular formula is C8H15F5N2O10S5. The molecule has 2 N–H and O–H groups in total. The Morgan fingerprint density at radius 3 is 1.40 bits per heavy atom. The summed E-state index contributed by atoms with van der Waals surface area (Å²) in [4.78, 5) is 0. The van der Waals surface area contributed by atoms with E-state index in [4.69, 9.17) is 0 Å². The van der Waals surface area contributed by atoms with Crippen LogP contribution in [0.25, 0.3) is 0 Å². The first-order valence-electron chi connectivity index (χ1n) is 6.73. The molecule has 0 fully saturated rings. The van der Waals surface area contributed by atoms with E-state index >= 15 is 0 Å². The molecule has 0 saturated carbocycles. The maximum atomic E-state index is 14.0. The van der Waals surface area contributed by atoms with E-state index in [0.717, 1.165) is 0 Å². The van der Waals surface area contributed by atoms with E-state index in [1.165, 1.54) is 0 Å². The Bertz CT molecular complexity index is 1200. The largest absolute Gasteiger partial charge is 0.512 e. The highest BCUT2D eigenvalue weighted by molar-refractivity contribution is 8.13. The van der Waals surface area contributed by atoms with E-state index in [9.17, 15) is 64.0 Å². The third kappa shape index (κ3) is 7.47. The van der Waals surface area contributed by atoms with E-state index in [1.807, 2.05) is 0 Å². The first-order valence-corrected chi connectivity index (χ1v) is 14.9. The van der Waals surface area contributed by atoms with Crippen LogP contribution in [-0.4, -0.2) is 69.9 Å². The van der Waals surface area contributed by atoms with Crippen LogP contribution >= 0.6 is 0 Å². The fourth-order valence-electron chi connectivity index (χ4n) is 1.81. The highest BCUT2D eigenvalue weighted by Gasteiger charge is 2.60. The van der Waals surface area contributed by atoms with Crippen LogP contribution < -0.4 is 8.25 Å². The lowest BCUT2D eigenvalue weighted by atomic mass is 10.0. The van der Waals surface area contributed by atoms with Gasteiger partial charge in [0.25, 0.3) is 0 Å². The Labute approximate surface area is 169 Å². The monoisotopic (exact) mass is 554 g/mol. The number of hydrogen-bond acceptors (Lipinski definition) is 10. The van der Waals surface area contributed by atoms with Gasteiger partial charge in [0, 0.05) is 0 Å². The molecule has 0 unspecified atom stereocenters. The molecule has 0 aromatic rings. The van der Waals surface area contributed by atoms with Gasteiger partial charge in [-0.15, -0.1) is 8.25 Å². The maximum Gasteiger partial charge on any atom is 0.512 e. The Kier molecular flexibility index (Phi) is 7.84. The molecule has 0 rings (SSSR count). The van der Waals surface area contributed by atoms with Crippen molar-refractivity contribution in [3.8, 4) is 0 Å². The van der Waals surface area contributed by atoms with Crippen molar-refractivity contribution in [3.63, 3.8) is 0 Å². The summed E-state index contributed by atoms with van der Waals surface area (Å²) < 4.78 is 173. The van der Waals surface area contributed by atoms with Gasteiger partial charge >= 0.3 is 30.1 Å². The molecule has 0 aliphatic heterocycles. The van der Waals surface area contributed by atoms with Gasteiger partial charge in [0.05, 0.1) is 17.8 Å². The minimum Gasteiger partial charge on any atom is -0.221 e. The third-order valence-corrected chi connectivity index (χ3v) is 12.3.